The number of hydrogen-bond acceptors (Lipinski definition) is 23. The Hall–Kier alpha value is -11.3. The van der Waals surface area contributed by atoms with E-state index in [2.05, 4.69) is 165 Å². The van der Waals surface area contributed by atoms with Gasteiger partial charge in [0.15, 0.2) is 0 Å². The van der Waals surface area contributed by atoms with Crippen LogP contribution in [0, 0.1) is 80.8 Å². The Kier molecular flexibility index (Phi) is 38.3. The van der Waals surface area contributed by atoms with Crippen molar-refractivity contribution >= 4 is 136 Å². The van der Waals surface area contributed by atoms with Crippen LogP contribution in [0.15, 0.2) is 208 Å². The van der Waals surface area contributed by atoms with Crippen LogP contribution >= 0.6 is 46.8 Å². The van der Waals surface area contributed by atoms with E-state index < -0.39 is 29.0 Å². The van der Waals surface area contributed by atoms with Gasteiger partial charge >= 0.3 is 17.9 Å². The maximum absolute atomic E-state index is 10.7. The van der Waals surface area contributed by atoms with E-state index >= 15 is 0 Å². The monoisotopic (exact) mass is 2070 g/mol. The van der Waals surface area contributed by atoms with Crippen molar-refractivity contribution < 1.29 is 53.8 Å². The van der Waals surface area contributed by atoms with Gasteiger partial charge < -0.3 is 53.5 Å². The number of fused-ring (bicyclic) bond motifs is 7. The Balaban J connectivity index is 0.000000146. The Morgan fingerprint density at radius 1 is 0.574 bits per heavy atom. The number of alkyl halides is 1. The molecule has 5 saturated carbocycles. The van der Waals surface area contributed by atoms with E-state index in [1.54, 1.807) is 31.2 Å². The summed E-state index contributed by atoms with van der Waals surface area (Å²) in [7, 11) is -2.16. The van der Waals surface area contributed by atoms with Crippen LogP contribution in [0.3, 0.4) is 0 Å². The number of esters is 2. The number of halogens is 2. The van der Waals surface area contributed by atoms with Crippen LogP contribution in [0.5, 0.6) is 0 Å². The normalized spacial score (nSPS) is 21.5. The predicted octanol–water partition coefficient (Wildman–Crippen LogP) is 17.8. The first-order valence-corrected chi connectivity index (χ1v) is 56.7. The van der Waals surface area contributed by atoms with Crippen molar-refractivity contribution in [1.29, 1.82) is 21.0 Å². The van der Waals surface area contributed by atoms with Crippen LogP contribution in [0.2, 0.25) is 51.4 Å². The largest absolute Gasteiger partial charge is 0.481 e. The summed E-state index contributed by atoms with van der Waals surface area (Å²) in [4.78, 5) is 61.4. The summed E-state index contributed by atoms with van der Waals surface area (Å²) in [6.07, 6.45) is 43.6. The van der Waals surface area contributed by atoms with Gasteiger partial charge in [-0.1, -0.05) is 164 Å². The fourth-order valence-corrected chi connectivity index (χ4v) is 24.0. The first kappa shape index (κ1) is 104. The van der Waals surface area contributed by atoms with Crippen molar-refractivity contribution in [3.8, 4) is 58.0 Å². The molecule has 6 N–H and O–H groups in total. The molecule has 35 heteroatoms. The second-order valence-corrected chi connectivity index (χ2v) is 53.4. The topological polar surface area (TPSA) is 432 Å². The average Bonchev–Trinajstić information content (AvgIpc) is 1.23. The summed E-state index contributed by atoms with van der Waals surface area (Å²) >= 11 is 3.45. The van der Waals surface area contributed by atoms with Gasteiger partial charge in [-0.2, -0.15) is 36.3 Å². The molecule has 12 aromatic rings. The zero-order valence-electron chi connectivity index (χ0n) is 77.7. The summed E-state index contributed by atoms with van der Waals surface area (Å²) in [5.74, 6) is 2.56. The summed E-state index contributed by atoms with van der Waals surface area (Å²) in [6, 6.07) is 48.1. The van der Waals surface area contributed by atoms with Crippen LogP contribution in [-0.2, 0) is 46.8 Å². The molecule has 20 rings (SSSR count). The van der Waals surface area contributed by atoms with Crippen molar-refractivity contribution in [2.75, 3.05) is 13.2 Å². The van der Waals surface area contributed by atoms with Gasteiger partial charge in [-0.15, -0.1) is 24.0 Å². The number of carbonyl (C=O) groups is 3. The van der Waals surface area contributed by atoms with Gasteiger partial charge in [0, 0.05) is 111 Å². The number of aliphatic hydroxyl groups is 3. The number of aliphatic hydroxyl groups excluding tert-OH is 3. The van der Waals surface area contributed by atoms with E-state index in [0.717, 1.165) is 189 Å². The molecule has 13 atom stereocenters. The van der Waals surface area contributed by atoms with Crippen molar-refractivity contribution in [2.24, 2.45) is 35.5 Å². The number of carboxylic acid groups (broad SMARTS) is 1. The first-order chi connectivity index (χ1) is 65.3. The summed E-state index contributed by atoms with van der Waals surface area (Å²) in [5, 5.41) is 95.8. The van der Waals surface area contributed by atoms with Gasteiger partial charge in [0.1, 0.15) is 61.6 Å². The van der Waals surface area contributed by atoms with Crippen LogP contribution in [0.4, 0.5) is 0 Å². The van der Waals surface area contributed by atoms with Crippen LogP contribution in [-0.4, -0.2) is 183 Å². The minimum atomic E-state index is -2.04. The quantitative estimate of drug-likeness (QED) is 0.00478. The standard InChI is InChI=1S/C23H32N6O2Si.C20H16NP.C17H18N6O.C15H21N5OSi.C8H11NO.C6H7BrO2.2C6H8O2.HI/c1-32(2,3)11-10-31-16-28-9-7-20-22(25-15-26-23(20)28)18-13-27-29(14-18)21(6-8-24)17-4-5-19(30)12-17;21-16-17-22(18-10-4-1-5-11-18,19-12-6-2-7-13-19)20-14-8-3-9-15-20;18-5-3-15(11-1-2-13(24)7-11)23-9-12(8-22-23)16-14-4-6-19-17(14)21-10-20-16;1-22(2,3)7-6-21-11-20-5-4-13-14(12-8-18-19-9-12)16-10-17-15(13)20;9-5-1-2-7-3-4-8(10)6-7;7-4-1-3-2-5(4)9-6(3)8;7-6-4-1-2-5(3-4)8-6;7-6(8)5-3-1-2-4-5;/h7,9,13-15,17,19,21,30H,4-6,10-12,16H2,1-3H3;1-15,17H;4,6,8-11,13,15,24H,1-3,7H2,(H,19,20,21);4-5,8-10H,6-7,11H2,1-3H3,(H,18,19);1-2,7-8,10H,3-4,6H2;3-5H,1-2H2;4-5H,1-3H2;1-2,5H,3-4H2,(H,7,8);1H/b;;;;2-1+;;;;/t17-,19+,21?;;11-,13+,15?;;7-,8+;;;;/m0.0.0..../s1. The molecule has 30 nitrogen and oxygen atoms in total. The molecule has 6 aliphatic carbocycles. The molecule has 4 bridgehead atoms. The second kappa shape index (κ2) is 50.2. The number of allylic oxidation sites excluding steroid dienone is 4. The number of nitrogens with one attached hydrogen (secondary N) is 2. The molecule has 11 heterocycles. The molecule has 714 valence electrons. The molecular formula is C101H122BrIN19O11PSi2. The van der Waals surface area contributed by atoms with E-state index in [0.29, 0.717) is 43.2 Å². The van der Waals surface area contributed by atoms with Crippen LogP contribution in [0.25, 0.3) is 66.9 Å². The third-order valence-electron chi connectivity index (χ3n) is 25.7. The Morgan fingerprint density at radius 2 is 1.07 bits per heavy atom. The number of nitriles is 4. The molecule has 7 unspecified atom stereocenters. The van der Waals surface area contributed by atoms with Crippen LogP contribution in [0.1, 0.15) is 128 Å². The minimum absolute atomic E-state index is 0. The summed E-state index contributed by atoms with van der Waals surface area (Å²) in [5.41, 5.74) is 7.82. The zero-order valence-corrected chi connectivity index (χ0v) is 84.6. The van der Waals surface area contributed by atoms with Crippen LogP contribution < -0.4 is 15.9 Å². The molecular weight excluding hydrogens is 1950 g/mol. The highest BCUT2D eigenvalue weighted by Crippen LogP contribution is 2.45. The number of aromatic nitrogens is 15. The van der Waals surface area contributed by atoms with Gasteiger partial charge in [-0.05, 0) is 174 Å². The molecule has 7 fully saturated rings. The number of hydrogen-bond donors (Lipinski definition) is 6. The number of benzene rings is 3. The lowest BCUT2D eigenvalue weighted by Crippen LogP contribution is -2.26. The lowest BCUT2D eigenvalue weighted by Gasteiger charge is -2.27. The number of ether oxygens (including phenoxy) is 4. The number of aromatic amines is 2. The molecule has 0 radical (unpaired) electrons. The number of H-pyrrole nitrogens is 2. The molecule has 3 aromatic carbocycles. The predicted molar refractivity (Wildman–Crippen MR) is 545 cm³/mol. The van der Waals surface area contributed by atoms with E-state index in [-0.39, 0.29) is 102 Å². The molecule has 0 spiro atoms. The van der Waals surface area contributed by atoms with E-state index in [9.17, 15) is 40.4 Å². The van der Waals surface area contributed by atoms with Gasteiger partial charge in [-0.25, -0.2) is 29.9 Å². The number of carbonyl (C=O) groups excluding carboxylic acids is 2. The highest BCUT2D eigenvalue weighted by atomic mass is 127. The summed E-state index contributed by atoms with van der Waals surface area (Å²) < 4.78 is 29.4. The fourth-order valence-electron chi connectivity index (χ4n) is 18.3. The minimum Gasteiger partial charge on any atom is -0.481 e. The lowest BCUT2D eigenvalue weighted by molar-refractivity contribution is -0.148. The van der Waals surface area contributed by atoms with E-state index in [1.165, 1.54) is 34.4 Å². The van der Waals surface area contributed by atoms with Gasteiger partial charge in [0.05, 0.1) is 126 Å². The third-order valence-corrected chi connectivity index (χ3v) is 33.9. The molecule has 136 heavy (non-hydrogen) atoms. The molecule has 9 aromatic heterocycles. The van der Waals surface area contributed by atoms with Gasteiger partial charge in [0.2, 0.25) is 0 Å². The van der Waals surface area contributed by atoms with Gasteiger partial charge in [-0.3, -0.25) is 28.8 Å². The average molecular weight is 2070 g/mol. The van der Waals surface area contributed by atoms with Crippen molar-refractivity contribution in [3.63, 3.8) is 0 Å². The highest BCUT2D eigenvalue weighted by molar-refractivity contribution is 14.0. The fraction of sp³-hybridized carbons (Fsp3) is 0.436. The SMILES string of the molecule is C[Si](C)(C)CCOCn1ccc2c(-c3cn[nH]c3)ncnc21.C[Si](C)(C)CCOCn1ccc2c(-c3cnn(C(CC#N)[C@H]4CC[C@@H](O)C4)c3)ncnc21.I.N#C/C=C/[C@H]1CC[C@@H](O)C1.N#CC=P(c1ccccc1)(c1ccccc1)c1ccccc1.N#CCC([C@H]1CC[C@@H](O)C1)n1cc(-c2ncnc3[nH]ccc23)cn1.O=C(O)C1CC=CC1.O=C1OC2CC1CC2Br.O=C1OC2CCC1C2. The molecule has 8 aliphatic rings. The van der Waals surface area contributed by atoms with Crippen molar-refractivity contribution in [3.05, 3.63) is 208 Å². The van der Waals surface area contributed by atoms with Crippen molar-refractivity contribution in [1.82, 2.24) is 73.8 Å². The highest BCUT2D eigenvalue weighted by Gasteiger charge is 2.46. The lowest BCUT2D eigenvalue weighted by atomic mass is 9.96. The van der Waals surface area contributed by atoms with Crippen molar-refractivity contribution in [2.45, 2.75) is 228 Å². The number of carboxylic acids is 1. The Labute approximate surface area is 821 Å². The zero-order chi connectivity index (χ0) is 95.4. The second-order valence-electron chi connectivity index (χ2n) is 37.8. The summed E-state index contributed by atoms with van der Waals surface area (Å²) in [6.45, 7) is 14.6. The van der Waals surface area contributed by atoms with E-state index in [1.807, 2.05) is 159 Å². The van der Waals surface area contributed by atoms with Gasteiger partial charge in [0.25, 0.3) is 0 Å². The number of rotatable bonds is 24. The Bertz CT molecular complexity index is 6060. The third kappa shape index (κ3) is 28.0. The van der Waals surface area contributed by atoms with E-state index in [4.69, 9.17) is 34.4 Å². The number of aliphatic carboxylic acids is 1. The number of nitrogens with zero attached hydrogens (tertiary/aromatic N) is 17. The Morgan fingerprint density at radius 3 is 1.46 bits per heavy atom. The maximum Gasteiger partial charge on any atom is 0.309 e. The first-order valence-electron chi connectivity index (χ1n) is 46.5. The molecule has 2 aliphatic heterocycles. The smallest absolute Gasteiger partial charge is 0.309 e. The molecule has 0 amide bonds. The molecule has 2 saturated heterocycles. The maximum atomic E-state index is 10.7.